The van der Waals surface area contributed by atoms with Crippen molar-refractivity contribution in [2.45, 2.75) is 51.1 Å². The molecule has 1 aliphatic carbocycles. The molecule has 1 aromatic heterocycles. The molecule has 0 bridgehead atoms. The highest BCUT2D eigenvalue weighted by atomic mass is 32.1. The number of aromatic nitrogens is 3. The highest BCUT2D eigenvalue weighted by Gasteiger charge is 2.31. The average molecular weight is 238 g/mol. The summed E-state index contributed by atoms with van der Waals surface area (Å²) in [5, 5.41) is 7.37. The molecule has 1 saturated heterocycles. The number of anilines is 1. The molecule has 0 radical (unpaired) electrons. The summed E-state index contributed by atoms with van der Waals surface area (Å²) >= 11 is 5.32. The SMILES string of the molecule is CC1CCCCN1c1n[nH]c(=S)n1C1CC1. The van der Waals surface area contributed by atoms with Gasteiger partial charge in [0.2, 0.25) is 5.95 Å². The van der Waals surface area contributed by atoms with Crippen LogP contribution in [0.5, 0.6) is 0 Å². The fourth-order valence-electron chi connectivity index (χ4n) is 2.56. The summed E-state index contributed by atoms with van der Waals surface area (Å²) in [6.45, 7) is 3.40. The molecule has 0 aromatic carbocycles. The molecule has 1 saturated carbocycles. The summed E-state index contributed by atoms with van der Waals surface area (Å²) in [5.41, 5.74) is 0. The monoisotopic (exact) mass is 238 g/mol. The van der Waals surface area contributed by atoms with Crippen LogP contribution in [0.4, 0.5) is 5.95 Å². The molecule has 4 nitrogen and oxygen atoms in total. The second-order valence-corrected chi connectivity index (χ2v) is 5.35. The van der Waals surface area contributed by atoms with Gasteiger partial charge in [0.1, 0.15) is 0 Å². The molecule has 1 atom stereocenters. The Morgan fingerprint density at radius 1 is 1.31 bits per heavy atom. The van der Waals surface area contributed by atoms with Crippen LogP contribution in [0.15, 0.2) is 0 Å². The van der Waals surface area contributed by atoms with E-state index in [1.54, 1.807) is 0 Å². The number of H-pyrrole nitrogens is 1. The van der Waals surface area contributed by atoms with Gasteiger partial charge in [-0.05, 0) is 51.2 Å². The van der Waals surface area contributed by atoms with Crippen LogP contribution in [0.1, 0.15) is 45.1 Å². The van der Waals surface area contributed by atoms with Crippen molar-refractivity contribution in [3.63, 3.8) is 0 Å². The maximum Gasteiger partial charge on any atom is 0.226 e. The molecule has 5 heteroatoms. The number of nitrogens with zero attached hydrogens (tertiary/aromatic N) is 3. The minimum Gasteiger partial charge on any atom is -0.338 e. The van der Waals surface area contributed by atoms with Crippen molar-refractivity contribution in [3.8, 4) is 0 Å². The standard InChI is InChI=1S/C11H18N4S/c1-8-4-2-3-7-14(8)10-12-13-11(16)15(10)9-5-6-9/h8-9H,2-7H2,1H3,(H,13,16). The maximum absolute atomic E-state index is 5.32. The van der Waals surface area contributed by atoms with E-state index in [1.165, 1.54) is 32.1 Å². The highest BCUT2D eigenvalue weighted by Crippen LogP contribution is 2.38. The Balaban J connectivity index is 1.95. The molecule has 2 heterocycles. The van der Waals surface area contributed by atoms with Gasteiger partial charge in [-0.15, -0.1) is 5.10 Å². The van der Waals surface area contributed by atoms with Crippen LogP contribution < -0.4 is 4.90 Å². The number of aromatic amines is 1. The van der Waals surface area contributed by atoms with E-state index in [9.17, 15) is 0 Å². The Bertz CT molecular complexity index is 431. The summed E-state index contributed by atoms with van der Waals surface area (Å²) in [6, 6.07) is 1.20. The number of nitrogens with one attached hydrogen (secondary N) is 1. The van der Waals surface area contributed by atoms with Crippen LogP contribution in [-0.4, -0.2) is 27.4 Å². The fraction of sp³-hybridized carbons (Fsp3) is 0.818. The maximum atomic E-state index is 5.32. The largest absolute Gasteiger partial charge is 0.338 e. The summed E-state index contributed by atoms with van der Waals surface area (Å²) in [5.74, 6) is 1.07. The number of hydrogen-bond acceptors (Lipinski definition) is 3. The molecular weight excluding hydrogens is 220 g/mol. The smallest absolute Gasteiger partial charge is 0.226 e. The third-order valence-corrected chi connectivity index (χ3v) is 3.95. The van der Waals surface area contributed by atoms with Crippen molar-refractivity contribution in [2.75, 3.05) is 11.4 Å². The Hall–Kier alpha value is -0.840. The van der Waals surface area contributed by atoms with E-state index in [0.717, 1.165) is 17.3 Å². The van der Waals surface area contributed by atoms with Crippen LogP contribution >= 0.6 is 12.2 Å². The first-order valence-corrected chi connectivity index (χ1v) is 6.62. The van der Waals surface area contributed by atoms with Gasteiger partial charge >= 0.3 is 0 Å². The summed E-state index contributed by atoms with van der Waals surface area (Å²) in [7, 11) is 0. The van der Waals surface area contributed by atoms with E-state index < -0.39 is 0 Å². The molecule has 88 valence electrons. The van der Waals surface area contributed by atoms with Crippen molar-refractivity contribution in [1.29, 1.82) is 0 Å². The second-order valence-electron chi connectivity index (χ2n) is 4.97. The first-order chi connectivity index (χ1) is 7.77. The van der Waals surface area contributed by atoms with Gasteiger partial charge in [-0.2, -0.15) is 0 Å². The Kier molecular flexibility index (Phi) is 2.50. The van der Waals surface area contributed by atoms with Gasteiger partial charge in [0, 0.05) is 18.6 Å². The van der Waals surface area contributed by atoms with Crippen molar-refractivity contribution >= 4 is 18.2 Å². The van der Waals surface area contributed by atoms with E-state index in [1.807, 2.05) is 0 Å². The molecule has 1 aromatic rings. The molecule has 2 aliphatic rings. The van der Waals surface area contributed by atoms with Crippen LogP contribution in [-0.2, 0) is 0 Å². The lowest BCUT2D eigenvalue weighted by atomic mass is 10.0. The van der Waals surface area contributed by atoms with Gasteiger partial charge in [-0.1, -0.05) is 0 Å². The third-order valence-electron chi connectivity index (χ3n) is 3.66. The van der Waals surface area contributed by atoms with Gasteiger partial charge < -0.3 is 4.90 Å². The average Bonchev–Trinajstić information content (AvgIpc) is 3.04. The number of piperidine rings is 1. The minimum absolute atomic E-state index is 0.594. The predicted molar refractivity (Wildman–Crippen MR) is 66.3 cm³/mol. The summed E-state index contributed by atoms with van der Waals surface area (Å²) in [6.07, 6.45) is 6.39. The zero-order valence-corrected chi connectivity index (χ0v) is 10.5. The number of rotatable bonds is 2. The van der Waals surface area contributed by atoms with E-state index in [0.29, 0.717) is 12.1 Å². The molecule has 1 aliphatic heterocycles. The summed E-state index contributed by atoms with van der Waals surface area (Å²) < 4.78 is 3.01. The zero-order valence-electron chi connectivity index (χ0n) is 9.65. The lowest BCUT2D eigenvalue weighted by Gasteiger charge is -2.34. The molecule has 2 fully saturated rings. The predicted octanol–water partition coefficient (Wildman–Crippen LogP) is 2.65. The second kappa shape index (κ2) is 3.87. The van der Waals surface area contributed by atoms with E-state index in [4.69, 9.17) is 12.2 Å². The lowest BCUT2D eigenvalue weighted by molar-refractivity contribution is 0.469. The normalized spacial score (nSPS) is 26.1. The van der Waals surface area contributed by atoms with Crippen LogP contribution in [0.2, 0.25) is 0 Å². The molecule has 1 N–H and O–H groups in total. The fourth-order valence-corrected chi connectivity index (χ4v) is 2.83. The van der Waals surface area contributed by atoms with Gasteiger partial charge in [0.25, 0.3) is 0 Å². The lowest BCUT2D eigenvalue weighted by Crippen LogP contribution is -2.39. The van der Waals surface area contributed by atoms with E-state index in [-0.39, 0.29) is 0 Å². The quantitative estimate of drug-likeness (QED) is 0.805. The molecule has 16 heavy (non-hydrogen) atoms. The Morgan fingerprint density at radius 3 is 2.81 bits per heavy atom. The van der Waals surface area contributed by atoms with Crippen molar-refractivity contribution in [2.24, 2.45) is 0 Å². The molecular formula is C11H18N4S. The molecule has 3 rings (SSSR count). The highest BCUT2D eigenvalue weighted by molar-refractivity contribution is 7.71. The van der Waals surface area contributed by atoms with Crippen LogP contribution in [0.25, 0.3) is 0 Å². The van der Waals surface area contributed by atoms with Crippen molar-refractivity contribution in [1.82, 2.24) is 14.8 Å². The van der Waals surface area contributed by atoms with Crippen molar-refractivity contribution < 1.29 is 0 Å². The van der Waals surface area contributed by atoms with Crippen LogP contribution in [0, 0.1) is 4.77 Å². The van der Waals surface area contributed by atoms with Gasteiger partial charge in [-0.3, -0.25) is 4.57 Å². The third kappa shape index (κ3) is 1.67. The topological polar surface area (TPSA) is 36.9 Å². The Morgan fingerprint density at radius 2 is 2.12 bits per heavy atom. The van der Waals surface area contributed by atoms with Gasteiger partial charge in [0.15, 0.2) is 4.77 Å². The zero-order chi connectivity index (χ0) is 11.1. The van der Waals surface area contributed by atoms with Gasteiger partial charge in [0.05, 0.1) is 0 Å². The van der Waals surface area contributed by atoms with Crippen LogP contribution in [0.3, 0.4) is 0 Å². The molecule has 0 amide bonds. The van der Waals surface area contributed by atoms with E-state index in [2.05, 4.69) is 26.6 Å². The molecule has 0 spiro atoms. The first kappa shape index (κ1) is 10.3. The summed E-state index contributed by atoms with van der Waals surface area (Å²) in [4.78, 5) is 2.41. The minimum atomic E-state index is 0.594. The number of hydrogen-bond donors (Lipinski definition) is 1. The van der Waals surface area contributed by atoms with Gasteiger partial charge in [-0.25, -0.2) is 5.10 Å². The Labute approximate surface area is 101 Å². The van der Waals surface area contributed by atoms with Crippen molar-refractivity contribution in [3.05, 3.63) is 4.77 Å². The first-order valence-electron chi connectivity index (χ1n) is 6.21. The van der Waals surface area contributed by atoms with E-state index >= 15 is 0 Å². The molecule has 1 unspecified atom stereocenters.